The van der Waals surface area contributed by atoms with Crippen LogP contribution in [0.5, 0.6) is 5.75 Å². The SMILES string of the molecule is Cl.Oc1ccc2c(c1)[C@@]13CCC[C@@H]([C@H]1CC2)N(CCc1ccccc1)CC3. The first kappa shape index (κ1) is 18.8. The summed E-state index contributed by atoms with van der Waals surface area (Å²) in [5, 5.41) is 10.1. The van der Waals surface area contributed by atoms with E-state index < -0.39 is 0 Å². The Labute approximate surface area is 169 Å². The molecule has 27 heavy (non-hydrogen) atoms. The lowest BCUT2D eigenvalue weighted by Gasteiger charge is -2.59. The van der Waals surface area contributed by atoms with E-state index >= 15 is 0 Å². The fraction of sp³-hybridized carbons (Fsp3) is 0.500. The number of nitrogens with zero attached hydrogens (tertiary/aromatic N) is 1. The zero-order chi connectivity index (χ0) is 17.6. The van der Waals surface area contributed by atoms with Crippen molar-refractivity contribution in [3.8, 4) is 5.75 Å². The van der Waals surface area contributed by atoms with Crippen molar-refractivity contribution in [3.05, 3.63) is 65.2 Å². The van der Waals surface area contributed by atoms with Crippen molar-refractivity contribution < 1.29 is 5.11 Å². The molecule has 0 radical (unpaired) electrons. The van der Waals surface area contributed by atoms with Crippen molar-refractivity contribution in [3.63, 3.8) is 0 Å². The summed E-state index contributed by atoms with van der Waals surface area (Å²) in [6.45, 7) is 2.40. The fourth-order valence-corrected chi connectivity index (χ4v) is 6.33. The molecule has 3 aliphatic rings. The van der Waals surface area contributed by atoms with E-state index in [2.05, 4.69) is 47.4 Å². The van der Waals surface area contributed by atoms with Gasteiger partial charge in [0.05, 0.1) is 0 Å². The van der Waals surface area contributed by atoms with Crippen molar-refractivity contribution in [2.24, 2.45) is 5.92 Å². The van der Waals surface area contributed by atoms with Crippen LogP contribution in [0.1, 0.15) is 48.8 Å². The van der Waals surface area contributed by atoms with Gasteiger partial charge in [0.15, 0.2) is 0 Å². The van der Waals surface area contributed by atoms with Gasteiger partial charge in [-0.05, 0) is 79.8 Å². The van der Waals surface area contributed by atoms with Gasteiger partial charge in [-0.15, -0.1) is 12.4 Å². The van der Waals surface area contributed by atoms with E-state index in [9.17, 15) is 5.11 Å². The average Bonchev–Trinajstić information content (AvgIpc) is 2.67. The third-order valence-electron chi connectivity index (χ3n) is 7.50. The van der Waals surface area contributed by atoms with Gasteiger partial charge >= 0.3 is 0 Å². The number of benzene rings is 2. The van der Waals surface area contributed by atoms with Gasteiger partial charge in [0, 0.05) is 18.0 Å². The number of piperidine rings is 1. The van der Waals surface area contributed by atoms with E-state index in [0.717, 1.165) is 18.4 Å². The summed E-state index contributed by atoms with van der Waals surface area (Å²) in [6.07, 6.45) is 8.94. The van der Waals surface area contributed by atoms with Gasteiger partial charge < -0.3 is 5.11 Å². The molecular formula is C24H30ClNO. The molecule has 2 aliphatic carbocycles. The highest BCUT2D eigenvalue weighted by Crippen LogP contribution is 2.56. The summed E-state index contributed by atoms with van der Waals surface area (Å²) in [5.74, 6) is 1.22. The van der Waals surface area contributed by atoms with Crippen LogP contribution in [0.2, 0.25) is 0 Å². The third-order valence-corrected chi connectivity index (χ3v) is 7.50. The van der Waals surface area contributed by atoms with Crippen LogP contribution in [0.25, 0.3) is 0 Å². The van der Waals surface area contributed by atoms with Crippen molar-refractivity contribution in [1.82, 2.24) is 4.90 Å². The highest BCUT2D eigenvalue weighted by atomic mass is 35.5. The monoisotopic (exact) mass is 383 g/mol. The normalized spacial score (nSPS) is 29.3. The minimum absolute atomic E-state index is 0. The van der Waals surface area contributed by atoms with Crippen LogP contribution in [-0.2, 0) is 18.3 Å². The third kappa shape index (κ3) is 3.17. The molecule has 1 saturated carbocycles. The van der Waals surface area contributed by atoms with Crippen molar-refractivity contribution in [2.75, 3.05) is 13.1 Å². The van der Waals surface area contributed by atoms with E-state index in [4.69, 9.17) is 0 Å². The van der Waals surface area contributed by atoms with Crippen LogP contribution < -0.4 is 0 Å². The highest BCUT2D eigenvalue weighted by Gasteiger charge is 2.53. The van der Waals surface area contributed by atoms with Crippen molar-refractivity contribution in [2.45, 2.75) is 56.4 Å². The second kappa shape index (κ2) is 7.48. The van der Waals surface area contributed by atoms with E-state index in [-0.39, 0.29) is 12.4 Å². The lowest BCUT2D eigenvalue weighted by atomic mass is 9.52. The number of halogens is 1. The maximum Gasteiger partial charge on any atom is 0.115 e. The lowest BCUT2D eigenvalue weighted by Crippen LogP contribution is -2.60. The van der Waals surface area contributed by atoms with Crippen LogP contribution in [0.4, 0.5) is 0 Å². The second-order valence-corrected chi connectivity index (χ2v) is 8.62. The van der Waals surface area contributed by atoms with Gasteiger partial charge in [0.25, 0.3) is 0 Å². The zero-order valence-electron chi connectivity index (χ0n) is 15.9. The molecule has 2 aromatic carbocycles. The molecule has 0 aromatic heterocycles. The number of hydrogen-bond acceptors (Lipinski definition) is 2. The average molecular weight is 384 g/mol. The molecule has 5 rings (SSSR count). The molecule has 144 valence electrons. The maximum atomic E-state index is 10.1. The Morgan fingerprint density at radius 1 is 1.04 bits per heavy atom. The summed E-state index contributed by atoms with van der Waals surface area (Å²) in [4.78, 5) is 2.79. The Bertz CT molecular complexity index is 792. The Morgan fingerprint density at radius 2 is 1.89 bits per heavy atom. The van der Waals surface area contributed by atoms with Crippen molar-refractivity contribution >= 4 is 12.4 Å². The first-order valence-electron chi connectivity index (χ1n) is 10.4. The first-order chi connectivity index (χ1) is 12.8. The molecule has 1 aliphatic heterocycles. The summed E-state index contributed by atoms with van der Waals surface area (Å²) in [5.41, 5.74) is 4.77. The summed E-state index contributed by atoms with van der Waals surface area (Å²) < 4.78 is 0. The quantitative estimate of drug-likeness (QED) is 0.795. The molecule has 0 amide bonds. The number of likely N-dealkylation sites (tertiary alicyclic amines) is 1. The Kier molecular flexibility index (Phi) is 5.22. The minimum atomic E-state index is 0. The molecule has 2 fully saturated rings. The molecule has 1 saturated heterocycles. The molecule has 2 aromatic rings. The van der Waals surface area contributed by atoms with Gasteiger partial charge in [-0.1, -0.05) is 42.8 Å². The van der Waals surface area contributed by atoms with Crippen molar-refractivity contribution in [1.29, 1.82) is 0 Å². The van der Waals surface area contributed by atoms with Crippen LogP contribution in [0.15, 0.2) is 48.5 Å². The first-order valence-corrected chi connectivity index (χ1v) is 10.4. The molecule has 0 spiro atoms. The number of aryl methyl sites for hydroxylation is 1. The van der Waals surface area contributed by atoms with Crippen LogP contribution in [0, 0.1) is 5.92 Å². The van der Waals surface area contributed by atoms with Crippen LogP contribution in [0.3, 0.4) is 0 Å². The van der Waals surface area contributed by atoms with Gasteiger partial charge in [-0.2, -0.15) is 0 Å². The van der Waals surface area contributed by atoms with E-state index in [1.165, 1.54) is 68.3 Å². The smallest absolute Gasteiger partial charge is 0.115 e. The minimum Gasteiger partial charge on any atom is -0.508 e. The number of phenolic OH excluding ortho intramolecular Hbond substituents is 1. The molecule has 1 heterocycles. The Balaban J connectivity index is 0.00000180. The topological polar surface area (TPSA) is 23.5 Å². The number of phenols is 1. The standard InChI is InChI=1S/C24H29NO.ClH/c26-20-10-8-19-9-11-21-23-7-4-13-24(21,22(19)17-20)14-16-25(23)15-12-18-5-2-1-3-6-18;/h1-3,5-6,8,10,17,21,23,26H,4,7,9,11-16H2;1H/t21-,23+,24-;/m1./s1. The number of fused-ring (bicyclic) bond motifs is 1. The van der Waals surface area contributed by atoms with E-state index in [0.29, 0.717) is 11.2 Å². The molecular weight excluding hydrogens is 354 g/mol. The number of rotatable bonds is 3. The molecule has 1 N–H and O–H groups in total. The molecule has 3 atom stereocenters. The molecule has 2 bridgehead atoms. The number of hydrogen-bond donors (Lipinski definition) is 1. The molecule has 2 nitrogen and oxygen atoms in total. The summed E-state index contributed by atoms with van der Waals surface area (Å²) >= 11 is 0. The summed E-state index contributed by atoms with van der Waals surface area (Å²) in [6, 6.07) is 17.8. The lowest BCUT2D eigenvalue weighted by molar-refractivity contribution is -0.0209. The van der Waals surface area contributed by atoms with Gasteiger partial charge in [-0.25, -0.2) is 0 Å². The van der Waals surface area contributed by atoms with Crippen LogP contribution >= 0.6 is 12.4 Å². The number of aromatic hydroxyl groups is 1. The fourth-order valence-electron chi connectivity index (χ4n) is 6.33. The zero-order valence-corrected chi connectivity index (χ0v) is 16.8. The van der Waals surface area contributed by atoms with Gasteiger partial charge in [0.1, 0.15) is 5.75 Å². The van der Waals surface area contributed by atoms with E-state index in [1.54, 1.807) is 0 Å². The predicted octanol–water partition coefficient (Wildman–Crippen LogP) is 5.12. The van der Waals surface area contributed by atoms with Gasteiger partial charge in [-0.3, -0.25) is 4.90 Å². The second-order valence-electron chi connectivity index (χ2n) is 8.62. The highest BCUT2D eigenvalue weighted by molar-refractivity contribution is 5.85. The Morgan fingerprint density at radius 3 is 2.74 bits per heavy atom. The predicted molar refractivity (Wildman–Crippen MR) is 113 cm³/mol. The van der Waals surface area contributed by atoms with Gasteiger partial charge in [0.2, 0.25) is 0 Å². The Hall–Kier alpha value is -1.51. The summed E-state index contributed by atoms with van der Waals surface area (Å²) in [7, 11) is 0. The van der Waals surface area contributed by atoms with E-state index in [1.807, 2.05) is 6.07 Å². The molecule has 0 unspecified atom stereocenters. The largest absolute Gasteiger partial charge is 0.508 e. The van der Waals surface area contributed by atoms with Crippen LogP contribution in [-0.4, -0.2) is 29.1 Å². The maximum absolute atomic E-state index is 10.1. The molecule has 3 heteroatoms.